The average molecular weight is 367 g/mol. The van der Waals surface area contributed by atoms with Gasteiger partial charge < -0.3 is 9.84 Å². The van der Waals surface area contributed by atoms with Crippen LogP contribution in [0, 0.1) is 11.3 Å². The van der Waals surface area contributed by atoms with E-state index in [1.807, 2.05) is 13.8 Å². The van der Waals surface area contributed by atoms with Gasteiger partial charge in [0.15, 0.2) is 0 Å². The summed E-state index contributed by atoms with van der Waals surface area (Å²) in [6, 6.07) is 0. The molecule has 0 aromatic rings. The fourth-order valence-corrected chi connectivity index (χ4v) is 4.09. The summed E-state index contributed by atoms with van der Waals surface area (Å²) in [6.07, 6.45) is 9.37. The number of carboxylic acids is 1. The Morgan fingerprint density at radius 1 is 1.08 bits per heavy atom. The van der Waals surface area contributed by atoms with Crippen LogP contribution in [0.5, 0.6) is 0 Å². The number of hydrogen-bond acceptors (Lipinski definition) is 3. The van der Waals surface area contributed by atoms with Crippen molar-refractivity contribution in [2.24, 2.45) is 11.3 Å². The Balaban J connectivity index is 3.38. The molecule has 0 aromatic carbocycles. The number of esters is 1. The van der Waals surface area contributed by atoms with Crippen LogP contribution in [-0.2, 0) is 14.3 Å². The van der Waals surface area contributed by atoms with Crippen LogP contribution in [0.2, 0.25) is 0 Å². The Morgan fingerprint density at radius 3 is 2.19 bits per heavy atom. The van der Waals surface area contributed by atoms with Crippen molar-refractivity contribution in [2.45, 2.75) is 98.3 Å². The fourth-order valence-electron chi connectivity index (χ4n) is 4.09. The van der Waals surface area contributed by atoms with Gasteiger partial charge in [-0.05, 0) is 50.9 Å². The molecule has 0 saturated heterocycles. The number of ether oxygens (including phenoxy) is 1. The molecule has 1 rings (SSSR count). The lowest BCUT2D eigenvalue weighted by Crippen LogP contribution is -2.39. The molecule has 0 aliphatic heterocycles. The number of aliphatic carboxylic acids is 1. The van der Waals surface area contributed by atoms with E-state index in [1.54, 1.807) is 0 Å². The van der Waals surface area contributed by atoms with E-state index in [-0.39, 0.29) is 11.9 Å². The normalized spacial score (nSPS) is 17.0. The molecule has 1 aliphatic rings. The first-order valence-corrected chi connectivity index (χ1v) is 10.5. The number of rotatable bonds is 11. The van der Waals surface area contributed by atoms with E-state index in [0.29, 0.717) is 25.0 Å². The molecule has 4 heteroatoms. The number of carboxylic acid groups (broad SMARTS) is 1. The second kappa shape index (κ2) is 11.4. The maximum absolute atomic E-state index is 13.1. The number of hydrogen-bond donors (Lipinski definition) is 1. The van der Waals surface area contributed by atoms with Crippen LogP contribution in [0.25, 0.3) is 0 Å². The Morgan fingerprint density at radius 2 is 1.69 bits per heavy atom. The van der Waals surface area contributed by atoms with Crippen molar-refractivity contribution >= 4 is 11.9 Å². The third-order valence-electron chi connectivity index (χ3n) is 5.35. The molecule has 26 heavy (non-hydrogen) atoms. The number of unbranched alkanes of at least 4 members (excludes halogenated alkanes) is 2. The van der Waals surface area contributed by atoms with Gasteiger partial charge in [-0.1, -0.05) is 59.0 Å². The van der Waals surface area contributed by atoms with E-state index in [4.69, 9.17) is 4.74 Å². The lowest BCUT2D eigenvalue weighted by molar-refractivity contribution is -0.153. The summed E-state index contributed by atoms with van der Waals surface area (Å²) in [5, 5.41) is 10.3. The van der Waals surface area contributed by atoms with Gasteiger partial charge in [0.25, 0.3) is 0 Å². The second-order valence-electron chi connectivity index (χ2n) is 8.12. The van der Waals surface area contributed by atoms with Crippen LogP contribution in [0.15, 0.2) is 11.1 Å². The molecule has 1 atom stereocenters. The molecule has 0 heterocycles. The molecule has 1 aliphatic carbocycles. The number of carbonyl (C=O) groups excluding carboxylic acids is 1. The first-order chi connectivity index (χ1) is 12.4. The van der Waals surface area contributed by atoms with Crippen molar-refractivity contribution in [3.63, 3.8) is 0 Å². The Bertz CT molecular complexity index is 484. The monoisotopic (exact) mass is 366 g/mol. The smallest absolute Gasteiger partial charge is 0.335 e. The maximum atomic E-state index is 13.1. The predicted molar refractivity (Wildman–Crippen MR) is 105 cm³/mol. The molecule has 0 bridgehead atoms. The molecule has 150 valence electrons. The van der Waals surface area contributed by atoms with Gasteiger partial charge in [0.1, 0.15) is 0 Å². The first kappa shape index (κ1) is 22.7. The van der Waals surface area contributed by atoms with E-state index in [0.717, 1.165) is 63.4 Å². The molecular formula is C22H38O4. The average Bonchev–Trinajstić information content (AvgIpc) is 2.60. The van der Waals surface area contributed by atoms with Crippen LogP contribution < -0.4 is 0 Å². The SMILES string of the molecule is CCCCOC(=O)C(=C1CCCCC1)C(CCCC)(CC(C)C)C(=O)O. The summed E-state index contributed by atoms with van der Waals surface area (Å²) in [4.78, 5) is 25.6. The molecule has 1 N–H and O–H groups in total. The minimum Gasteiger partial charge on any atom is -0.481 e. The molecule has 0 amide bonds. The van der Waals surface area contributed by atoms with Crippen molar-refractivity contribution in [3.8, 4) is 0 Å². The summed E-state index contributed by atoms with van der Waals surface area (Å²) < 4.78 is 5.56. The summed E-state index contributed by atoms with van der Waals surface area (Å²) in [7, 11) is 0. The van der Waals surface area contributed by atoms with Crippen LogP contribution in [0.3, 0.4) is 0 Å². The first-order valence-electron chi connectivity index (χ1n) is 10.5. The van der Waals surface area contributed by atoms with Gasteiger partial charge in [-0.2, -0.15) is 0 Å². The largest absolute Gasteiger partial charge is 0.481 e. The minimum absolute atomic E-state index is 0.200. The molecule has 0 spiro atoms. The third kappa shape index (κ3) is 6.14. The van der Waals surface area contributed by atoms with E-state index >= 15 is 0 Å². The van der Waals surface area contributed by atoms with Crippen LogP contribution in [-0.4, -0.2) is 23.7 Å². The highest BCUT2D eigenvalue weighted by atomic mass is 16.5. The zero-order chi connectivity index (χ0) is 19.6. The lowest BCUT2D eigenvalue weighted by atomic mass is 9.67. The fraction of sp³-hybridized carbons (Fsp3) is 0.818. The summed E-state index contributed by atoms with van der Waals surface area (Å²) in [5.41, 5.74) is 0.417. The Hall–Kier alpha value is -1.32. The summed E-state index contributed by atoms with van der Waals surface area (Å²) >= 11 is 0. The molecule has 1 unspecified atom stereocenters. The van der Waals surface area contributed by atoms with Crippen molar-refractivity contribution < 1.29 is 19.4 Å². The molecule has 1 fully saturated rings. The van der Waals surface area contributed by atoms with Gasteiger partial charge in [0.2, 0.25) is 0 Å². The quantitative estimate of drug-likeness (QED) is 0.281. The Labute approximate surface area is 159 Å². The van der Waals surface area contributed by atoms with E-state index in [1.165, 1.54) is 0 Å². The highest BCUT2D eigenvalue weighted by molar-refractivity contribution is 5.98. The number of carbonyl (C=O) groups is 2. The highest BCUT2D eigenvalue weighted by Crippen LogP contribution is 2.44. The van der Waals surface area contributed by atoms with Gasteiger partial charge in [0, 0.05) is 0 Å². The summed E-state index contributed by atoms with van der Waals surface area (Å²) in [5.74, 6) is -1.04. The standard InChI is InChI=1S/C22H38O4/c1-5-7-14-22(21(24)25,16-17(3)4)19(18-12-10-9-11-13-18)20(23)26-15-8-6-2/h17H,5-16H2,1-4H3,(H,24,25). The zero-order valence-electron chi connectivity index (χ0n) is 17.2. The van der Waals surface area contributed by atoms with Crippen molar-refractivity contribution in [1.29, 1.82) is 0 Å². The van der Waals surface area contributed by atoms with E-state index in [9.17, 15) is 14.7 Å². The van der Waals surface area contributed by atoms with Crippen molar-refractivity contribution in [3.05, 3.63) is 11.1 Å². The molecule has 0 aromatic heterocycles. The van der Waals surface area contributed by atoms with Gasteiger partial charge >= 0.3 is 11.9 Å². The Kier molecular flexibility index (Phi) is 9.97. The topological polar surface area (TPSA) is 63.6 Å². The third-order valence-corrected chi connectivity index (χ3v) is 5.35. The van der Waals surface area contributed by atoms with Gasteiger partial charge in [-0.3, -0.25) is 4.79 Å². The number of allylic oxidation sites excluding steroid dienone is 1. The highest BCUT2D eigenvalue weighted by Gasteiger charge is 2.47. The lowest BCUT2D eigenvalue weighted by Gasteiger charge is -2.35. The molecule has 0 radical (unpaired) electrons. The second-order valence-corrected chi connectivity index (χ2v) is 8.12. The molecule has 4 nitrogen and oxygen atoms in total. The predicted octanol–water partition coefficient (Wildman–Crippen LogP) is 5.90. The van der Waals surface area contributed by atoms with Crippen LogP contribution >= 0.6 is 0 Å². The zero-order valence-corrected chi connectivity index (χ0v) is 17.2. The summed E-state index contributed by atoms with van der Waals surface area (Å²) in [6.45, 7) is 8.56. The van der Waals surface area contributed by atoms with Gasteiger partial charge in [0.05, 0.1) is 17.6 Å². The van der Waals surface area contributed by atoms with Gasteiger partial charge in [-0.15, -0.1) is 0 Å². The maximum Gasteiger partial charge on any atom is 0.335 e. The van der Waals surface area contributed by atoms with Crippen LogP contribution in [0.1, 0.15) is 98.3 Å². The van der Waals surface area contributed by atoms with E-state index in [2.05, 4.69) is 13.8 Å². The van der Waals surface area contributed by atoms with Gasteiger partial charge in [-0.25, -0.2) is 4.79 Å². The van der Waals surface area contributed by atoms with E-state index < -0.39 is 11.4 Å². The molecular weight excluding hydrogens is 328 g/mol. The van der Waals surface area contributed by atoms with Crippen molar-refractivity contribution in [1.82, 2.24) is 0 Å². The molecule has 1 saturated carbocycles. The van der Waals surface area contributed by atoms with Crippen LogP contribution in [0.4, 0.5) is 0 Å². The van der Waals surface area contributed by atoms with Crippen molar-refractivity contribution in [2.75, 3.05) is 6.61 Å². The minimum atomic E-state index is -1.11.